The molecular weight excluding hydrogens is 368 g/mol. The van der Waals surface area contributed by atoms with Gasteiger partial charge in [-0.25, -0.2) is 0 Å². The smallest absolute Gasteiger partial charge is 0.263 e. The van der Waals surface area contributed by atoms with E-state index in [2.05, 4.69) is 39.6 Å². The van der Waals surface area contributed by atoms with Crippen LogP contribution in [-0.2, 0) is 25.8 Å². The van der Waals surface area contributed by atoms with E-state index >= 15 is 0 Å². The van der Waals surface area contributed by atoms with Crippen LogP contribution in [0, 0.1) is 0 Å². The average Bonchev–Trinajstić information content (AvgIpc) is 3.24. The number of amides is 1. The van der Waals surface area contributed by atoms with Crippen LogP contribution in [-0.4, -0.2) is 38.7 Å². The number of carbonyl (C=O) groups is 1. The van der Waals surface area contributed by atoms with Crippen molar-refractivity contribution in [3.05, 3.63) is 33.0 Å². The summed E-state index contributed by atoms with van der Waals surface area (Å²) in [6.07, 6.45) is 10.1. The molecule has 0 radical (unpaired) electrons. The van der Waals surface area contributed by atoms with Gasteiger partial charge in [-0.2, -0.15) is 0 Å². The zero-order valence-corrected chi connectivity index (χ0v) is 18.1. The summed E-state index contributed by atoms with van der Waals surface area (Å²) < 4.78 is 2.35. The Morgan fingerprint density at radius 3 is 2.89 bits per heavy atom. The molecular formula is C22H32N4OS. The van der Waals surface area contributed by atoms with Gasteiger partial charge in [0, 0.05) is 36.9 Å². The molecule has 0 aromatic carbocycles. The maximum atomic E-state index is 13.2. The van der Waals surface area contributed by atoms with Gasteiger partial charge in [0.05, 0.1) is 4.88 Å². The summed E-state index contributed by atoms with van der Waals surface area (Å²) >= 11 is 1.71. The van der Waals surface area contributed by atoms with Crippen molar-refractivity contribution in [2.24, 2.45) is 0 Å². The molecule has 0 saturated carbocycles. The van der Waals surface area contributed by atoms with Crippen molar-refractivity contribution in [2.45, 2.75) is 84.1 Å². The summed E-state index contributed by atoms with van der Waals surface area (Å²) in [5.74, 6) is 2.78. The molecule has 1 atom stereocenters. The Labute approximate surface area is 172 Å². The number of nitrogens with zero attached hydrogens (tertiary/aromatic N) is 4. The summed E-state index contributed by atoms with van der Waals surface area (Å²) in [5.41, 5.74) is 1.35. The molecule has 6 heteroatoms. The number of aromatic nitrogens is 3. The van der Waals surface area contributed by atoms with E-state index in [0.717, 1.165) is 74.7 Å². The highest BCUT2D eigenvalue weighted by molar-refractivity contribution is 7.14. The van der Waals surface area contributed by atoms with Crippen LogP contribution in [0.1, 0.15) is 90.1 Å². The van der Waals surface area contributed by atoms with Crippen molar-refractivity contribution < 1.29 is 4.79 Å². The summed E-state index contributed by atoms with van der Waals surface area (Å²) in [6.45, 7) is 7.06. The lowest BCUT2D eigenvalue weighted by Gasteiger charge is -2.32. The van der Waals surface area contributed by atoms with Crippen LogP contribution in [0.15, 0.2) is 6.07 Å². The molecule has 2 aliphatic heterocycles. The van der Waals surface area contributed by atoms with Gasteiger partial charge < -0.3 is 9.47 Å². The fraction of sp³-hybridized carbons (Fsp3) is 0.682. The predicted octanol–water partition coefficient (Wildman–Crippen LogP) is 4.60. The Morgan fingerprint density at radius 2 is 2.07 bits per heavy atom. The van der Waals surface area contributed by atoms with E-state index in [0.29, 0.717) is 5.92 Å². The molecule has 2 aliphatic rings. The van der Waals surface area contributed by atoms with E-state index in [1.807, 2.05) is 0 Å². The molecule has 152 valence electrons. The molecule has 0 bridgehead atoms. The van der Waals surface area contributed by atoms with Crippen molar-refractivity contribution in [3.63, 3.8) is 0 Å². The van der Waals surface area contributed by atoms with Crippen LogP contribution in [0.3, 0.4) is 0 Å². The lowest BCUT2D eigenvalue weighted by Crippen LogP contribution is -2.39. The standard InChI is InChI=1S/C22H32N4OS/c1-3-9-18-16(4-2)14-19(28-18)22(27)25-12-8-10-17(15-25)21-24-23-20-11-6-5-7-13-26(20)21/h14,17H,3-13,15H2,1-2H3/t17-/m0/s1. The number of fused-ring (bicyclic) bond motifs is 1. The molecule has 4 heterocycles. The van der Waals surface area contributed by atoms with E-state index in [1.165, 1.54) is 29.7 Å². The number of hydrogen-bond acceptors (Lipinski definition) is 4. The molecule has 2 aromatic rings. The highest BCUT2D eigenvalue weighted by Gasteiger charge is 2.30. The first-order valence-electron chi connectivity index (χ1n) is 11.0. The topological polar surface area (TPSA) is 51.0 Å². The Kier molecular flexibility index (Phi) is 6.14. The average molecular weight is 401 g/mol. The Morgan fingerprint density at radius 1 is 1.18 bits per heavy atom. The van der Waals surface area contributed by atoms with Crippen molar-refractivity contribution in [3.8, 4) is 0 Å². The van der Waals surface area contributed by atoms with E-state index in [-0.39, 0.29) is 5.91 Å². The quantitative estimate of drug-likeness (QED) is 0.737. The minimum absolute atomic E-state index is 0.211. The minimum Gasteiger partial charge on any atom is -0.337 e. The van der Waals surface area contributed by atoms with E-state index in [1.54, 1.807) is 11.3 Å². The number of aryl methyl sites for hydroxylation is 3. The van der Waals surface area contributed by atoms with Crippen LogP contribution in [0.25, 0.3) is 0 Å². The van der Waals surface area contributed by atoms with Gasteiger partial charge in [-0.15, -0.1) is 21.5 Å². The van der Waals surface area contributed by atoms with Gasteiger partial charge in [-0.3, -0.25) is 4.79 Å². The molecule has 0 unspecified atom stereocenters. The first-order chi connectivity index (χ1) is 13.7. The first-order valence-corrected chi connectivity index (χ1v) is 11.9. The molecule has 4 rings (SSSR count). The van der Waals surface area contributed by atoms with Crippen LogP contribution < -0.4 is 0 Å². The van der Waals surface area contributed by atoms with Crippen molar-refractivity contribution in [1.29, 1.82) is 0 Å². The van der Waals surface area contributed by atoms with Crippen molar-refractivity contribution >= 4 is 17.2 Å². The minimum atomic E-state index is 0.211. The highest BCUT2D eigenvalue weighted by Crippen LogP contribution is 2.31. The Hall–Kier alpha value is -1.69. The normalized spacial score (nSPS) is 20.1. The third-order valence-electron chi connectivity index (χ3n) is 6.18. The zero-order valence-electron chi connectivity index (χ0n) is 17.2. The number of rotatable bonds is 5. The predicted molar refractivity (Wildman–Crippen MR) is 113 cm³/mol. The molecule has 28 heavy (non-hydrogen) atoms. The lowest BCUT2D eigenvalue weighted by molar-refractivity contribution is 0.0708. The number of thiophene rings is 1. The molecule has 1 amide bonds. The lowest BCUT2D eigenvalue weighted by atomic mass is 9.96. The highest BCUT2D eigenvalue weighted by atomic mass is 32.1. The molecule has 0 N–H and O–H groups in total. The summed E-state index contributed by atoms with van der Waals surface area (Å²) in [7, 11) is 0. The van der Waals surface area contributed by atoms with Crippen molar-refractivity contribution in [1.82, 2.24) is 19.7 Å². The molecule has 0 aliphatic carbocycles. The van der Waals surface area contributed by atoms with Gasteiger partial charge in [-0.1, -0.05) is 26.7 Å². The summed E-state index contributed by atoms with van der Waals surface area (Å²) in [5, 5.41) is 9.04. The maximum Gasteiger partial charge on any atom is 0.263 e. The number of hydrogen-bond donors (Lipinski definition) is 0. The Balaban J connectivity index is 1.51. The zero-order chi connectivity index (χ0) is 19.5. The van der Waals surface area contributed by atoms with E-state index in [4.69, 9.17) is 0 Å². The number of likely N-dealkylation sites (tertiary alicyclic amines) is 1. The number of piperidine rings is 1. The molecule has 1 fully saturated rings. The van der Waals surface area contributed by atoms with Gasteiger partial charge in [0.25, 0.3) is 5.91 Å². The van der Waals surface area contributed by atoms with E-state index < -0.39 is 0 Å². The number of carbonyl (C=O) groups excluding carboxylic acids is 1. The van der Waals surface area contributed by atoms with Crippen LogP contribution in [0.5, 0.6) is 0 Å². The SMILES string of the molecule is CCCc1sc(C(=O)N2CCC[C@H](c3nnc4n3CCCCC4)C2)cc1CC. The van der Waals surface area contributed by atoms with Crippen LogP contribution in [0.2, 0.25) is 0 Å². The summed E-state index contributed by atoms with van der Waals surface area (Å²) in [4.78, 5) is 17.6. The molecule has 2 aromatic heterocycles. The second kappa shape index (κ2) is 8.76. The largest absolute Gasteiger partial charge is 0.337 e. The van der Waals surface area contributed by atoms with Crippen LogP contribution in [0.4, 0.5) is 0 Å². The molecule has 1 saturated heterocycles. The van der Waals surface area contributed by atoms with Gasteiger partial charge in [0.1, 0.15) is 11.6 Å². The third kappa shape index (κ3) is 3.88. The maximum absolute atomic E-state index is 13.2. The second-order valence-electron chi connectivity index (χ2n) is 8.19. The van der Waals surface area contributed by atoms with Gasteiger partial charge in [0.15, 0.2) is 0 Å². The monoisotopic (exact) mass is 400 g/mol. The van der Waals surface area contributed by atoms with Gasteiger partial charge in [0.2, 0.25) is 0 Å². The second-order valence-corrected chi connectivity index (χ2v) is 9.33. The fourth-order valence-electron chi connectivity index (χ4n) is 4.65. The van der Waals surface area contributed by atoms with Gasteiger partial charge >= 0.3 is 0 Å². The fourth-order valence-corrected chi connectivity index (χ4v) is 5.97. The summed E-state index contributed by atoms with van der Waals surface area (Å²) in [6, 6.07) is 2.14. The Bertz CT molecular complexity index is 825. The molecule has 0 spiro atoms. The van der Waals surface area contributed by atoms with Gasteiger partial charge in [-0.05, 0) is 50.2 Å². The van der Waals surface area contributed by atoms with E-state index in [9.17, 15) is 4.79 Å². The third-order valence-corrected chi connectivity index (χ3v) is 7.40. The first kappa shape index (κ1) is 19.6. The molecule has 5 nitrogen and oxygen atoms in total. The van der Waals surface area contributed by atoms with Crippen LogP contribution >= 0.6 is 11.3 Å². The van der Waals surface area contributed by atoms with Crippen molar-refractivity contribution in [2.75, 3.05) is 13.1 Å².